The minimum Gasteiger partial charge on any atom is -0.362 e. The van der Waals surface area contributed by atoms with E-state index in [1.54, 1.807) is 0 Å². The van der Waals surface area contributed by atoms with Gasteiger partial charge in [-0.05, 0) is 26.8 Å². The minimum atomic E-state index is 0.0371. The second kappa shape index (κ2) is 4.62. The summed E-state index contributed by atoms with van der Waals surface area (Å²) < 4.78 is 0. The molecule has 0 amide bonds. The molecule has 82 valence electrons. The highest BCUT2D eigenvalue weighted by atomic mass is 32.1. The maximum Gasteiger partial charge on any atom is 0.160 e. The van der Waals surface area contributed by atoms with Crippen molar-refractivity contribution >= 4 is 23.3 Å². The first-order valence-corrected chi connectivity index (χ1v) is 5.79. The molecular formula is C12H17NOS. The topological polar surface area (TPSA) is 20.3 Å². The van der Waals surface area contributed by atoms with Gasteiger partial charge in [-0.15, -0.1) is 17.9 Å². The fourth-order valence-electron chi connectivity index (χ4n) is 1.44. The molecule has 1 aromatic heterocycles. The molecule has 0 unspecified atom stereocenters. The summed E-state index contributed by atoms with van der Waals surface area (Å²) in [5.74, 6) is 0. The molecule has 15 heavy (non-hydrogen) atoms. The number of hydrogen-bond acceptors (Lipinski definition) is 3. The van der Waals surface area contributed by atoms with Gasteiger partial charge in [0.1, 0.15) is 0 Å². The number of thiophene rings is 1. The average molecular weight is 223 g/mol. The number of carbonyl (C=O) groups excluding carboxylic acids is 1. The molecule has 0 aliphatic rings. The Bertz CT molecular complexity index is 349. The number of hydrogen-bond donors (Lipinski definition) is 0. The van der Waals surface area contributed by atoms with Crippen LogP contribution in [0.5, 0.6) is 0 Å². The van der Waals surface area contributed by atoms with Gasteiger partial charge in [-0.1, -0.05) is 6.08 Å². The summed E-state index contributed by atoms with van der Waals surface area (Å²) in [5, 5.41) is 2.01. The van der Waals surface area contributed by atoms with Crippen molar-refractivity contribution < 1.29 is 4.79 Å². The van der Waals surface area contributed by atoms with Crippen LogP contribution in [-0.4, -0.2) is 18.4 Å². The van der Waals surface area contributed by atoms with Crippen molar-refractivity contribution in [3.05, 3.63) is 29.0 Å². The molecule has 0 bridgehead atoms. The van der Waals surface area contributed by atoms with E-state index in [0.29, 0.717) is 0 Å². The summed E-state index contributed by atoms with van der Waals surface area (Å²) in [7, 11) is 0. The van der Waals surface area contributed by atoms with Crippen LogP contribution in [-0.2, 0) is 0 Å². The number of carbonyl (C=O) groups is 1. The summed E-state index contributed by atoms with van der Waals surface area (Å²) in [6, 6.07) is 1.92. The fraction of sp³-hybridized carbons (Fsp3) is 0.417. The molecule has 0 aromatic carbocycles. The lowest BCUT2D eigenvalue weighted by Crippen LogP contribution is -2.41. The lowest BCUT2D eigenvalue weighted by molar-refractivity contribution is 0.112. The van der Waals surface area contributed by atoms with E-state index in [9.17, 15) is 4.79 Å². The predicted molar refractivity (Wildman–Crippen MR) is 67.0 cm³/mol. The van der Waals surface area contributed by atoms with E-state index in [0.717, 1.165) is 23.4 Å². The standard InChI is InChI=1S/C12H17NOS/c1-5-6-13(12(2,3)4)10-7-11(8-14)15-9-10/h5,7-9H,1,6H2,2-4H3. The zero-order valence-electron chi connectivity index (χ0n) is 9.49. The molecule has 2 nitrogen and oxygen atoms in total. The Morgan fingerprint density at radius 1 is 1.53 bits per heavy atom. The largest absolute Gasteiger partial charge is 0.362 e. The highest BCUT2D eigenvalue weighted by molar-refractivity contribution is 7.12. The van der Waals surface area contributed by atoms with Crippen LogP contribution >= 0.6 is 11.3 Å². The molecule has 0 aliphatic carbocycles. The molecular weight excluding hydrogens is 206 g/mol. The summed E-state index contributed by atoms with van der Waals surface area (Å²) in [6.45, 7) is 11.0. The number of nitrogens with zero attached hydrogens (tertiary/aromatic N) is 1. The molecule has 3 heteroatoms. The minimum absolute atomic E-state index is 0.0371. The summed E-state index contributed by atoms with van der Waals surface area (Å²) in [4.78, 5) is 13.6. The SMILES string of the molecule is C=CCN(c1csc(C=O)c1)C(C)(C)C. The van der Waals surface area contributed by atoms with E-state index in [1.807, 2.05) is 17.5 Å². The lowest BCUT2D eigenvalue weighted by Gasteiger charge is -2.36. The van der Waals surface area contributed by atoms with Crippen LogP contribution in [0.25, 0.3) is 0 Å². The molecule has 0 spiro atoms. The Morgan fingerprint density at radius 3 is 2.60 bits per heavy atom. The van der Waals surface area contributed by atoms with Crippen LogP contribution in [0, 0.1) is 0 Å². The van der Waals surface area contributed by atoms with E-state index < -0.39 is 0 Å². The zero-order valence-corrected chi connectivity index (χ0v) is 10.3. The van der Waals surface area contributed by atoms with Gasteiger partial charge in [-0.2, -0.15) is 0 Å². The van der Waals surface area contributed by atoms with Gasteiger partial charge in [-0.25, -0.2) is 0 Å². The Morgan fingerprint density at radius 2 is 2.20 bits per heavy atom. The van der Waals surface area contributed by atoms with Crippen LogP contribution in [0.4, 0.5) is 5.69 Å². The van der Waals surface area contributed by atoms with E-state index in [4.69, 9.17) is 0 Å². The molecule has 0 atom stereocenters. The van der Waals surface area contributed by atoms with Crippen molar-refractivity contribution in [3.8, 4) is 0 Å². The van der Waals surface area contributed by atoms with Gasteiger partial charge in [0.2, 0.25) is 0 Å². The Kier molecular flexibility index (Phi) is 3.69. The third kappa shape index (κ3) is 2.93. The smallest absolute Gasteiger partial charge is 0.160 e. The van der Waals surface area contributed by atoms with Gasteiger partial charge in [0, 0.05) is 23.2 Å². The first-order chi connectivity index (χ1) is 6.99. The van der Waals surface area contributed by atoms with Crippen LogP contribution < -0.4 is 4.90 Å². The second-order valence-electron chi connectivity index (χ2n) is 4.40. The second-order valence-corrected chi connectivity index (χ2v) is 5.34. The molecule has 0 aliphatic heterocycles. The van der Waals surface area contributed by atoms with Crippen molar-refractivity contribution in [1.82, 2.24) is 0 Å². The monoisotopic (exact) mass is 223 g/mol. The fourth-order valence-corrected chi connectivity index (χ4v) is 2.14. The maximum atomic E-state index is 10.6. The van der Waals surface area contributed by atoms with Crippen molar-refractivity contribution in [2.75, 3.05) is 11.4 Å². The molecule has 1 aromatic rings. The third-order valence-electron chi connectivity index (χ3n) is 2.16. The van der Waals surface area contributed by atoms with Crippen LogP contribution in [0.3, 0.4) is 0 Å². The van der Waals surface area contributed by atoms with Crippen molar-refractivity contribution in [2.24, 2.45) is 0 Å². The summed E-state index contributed by atoms with van der Waals surface area (Å²) in [5.41, 5.74) is 1.13. The van der Waals surface area contributed by atoms with Gasteiger partial charge in [0.15, 0.2) is 6.29 Å². The van der Waals surface area contributed by atoms with Crippen LogP contribution in [0.1, 0.15) is 30.4 Å². The highest BCUT2D eigenvalue weighted by Crippen LogP contribution is 2.27. The first-order valence-electron chi connectivity index (χ1n) is 4.91. The molecule has 0 radical (unpaired) electrons. The van der Waals surface area contributed by atoms with Crippen LogP contribution in [0.15, 0.2) is 24.1 Å². The maximum absolute atomic E-state index is 10.6. The molecule has 0 N–H and O–H groups in total. The molecule has 1 heterocycles. The van der Waals surface area contributed by atoms with E-state index >= 15 is 0 Å². The zero-order chi connectivity index (χ0) is 11.5. The Labute approximate surface area is 95.2 Å². The Hall–Kier alpha value is -1.09. The van der Waals surface area contributed by atoms with Crippen molar-refractivity contribution in [3.63, 3.8) is 0 Å². The predicted octanol–water partition coefficient (Wildman–Crippen LogP) is 3.35. The lowest BCUT2D eigenvalue weighted by atomic mass is 10.1. The number of rotatable bonds is 4. The van der Waals surface area contributed by atoms with Gasteiger partial charge >= 0.3 is 0 Å². The normalized spacial score (nSPS) is 11.1. The van der Waals surface area contributed by atoms with Gasteiger partial charge in [0.05, 0.1) is 4.88 Å². The van der Waals surface area contributed by atoms with E-state index in [-0.39, 0.29) is 5.54 Å². The van der Waals surface area contributed by atoms with Gasteiger partial charge in [0.25, 0.3) is 0 Å². The molecule has 0 saturated heterocycles. The van der Waals surface area contributed by atoms with E-state index in [1.165, 1.54) is 11.3 Å². The highest BCUT2D eigenvalue weighted by Gasteiger charge is 2.21. The van der Waals surface area contributed by atoms with Gasteiger partial charge < -0.3 is 4.90 Å². The Balaban J connectivity index is 2.98. The molecule has 0 fully saturated rings. The summed E-state index contributed by atoms with van der Waals surface area (Å²) in [6.07, 6.45) is 2.77. The van der Waals surface area contributed by atoms with Crippen LogP contribution in [0.2, 0.25) is 0 Å². The number of aldehydes is 1. The van der Waals surface area contributed by atoms with Crippen molar-refractivity contribution in [2.45, 2.75) is 26.3 Å². The number of anilines is 1. The van der Waals surface area contributed by atoms with Crippen molar-refractivity contribution in [1.29, 1.82) is 0 Å². The summed E-state index contributed by atoms with van der Waals surface area (Å²) >= 11 is 1.48. The van der Waals surface area contributed by atoms with E-state index in [2.05, 4.69) is 32.3 Å². The molecule has 1 rings (SSSR count). The average Bonchev–Trinajstić information content (AvgIpc) is 2.60. The quantitative estimate of drug-likeness (QED) is 0.576. The first kappa shape index (κ1) is 12.0. The third-order valence-corrected chi connectivity index (χ3v) is 3.00. The van der Waals surface area contributed by atoms with Gasteiger partial charge in [-0.3, -0.25) is 4.79 Å². The molecule has 0 saturated carbocycles.